The van der Waals surface area contributed by atoms with Crippen molar-refractivity contribution >= 4 is 42.9 Å². The van der Waals surface area contributed by atoms with Crippen molar-refractivity contribution < 1.29 is 8.42 Å². The lowest BCUT2D eigenvalue weighted by molar-refractivity contribution is 0.602. The maximum absolute atomic E-state index is 13.8. The minimum Gasteiger partial charge on any atom is -0.267 e. The molecule has 8 heteroatoms. The van der Waals surface area contributed by atoms with Crippen LogP contribution in [0.1, 0.15) is 0 Å². The monoisotopic (exact) mass is 492 g/mol. The fourth-order valence-electron chi connectivity index (χ4n) is 3.75. The molecule has 0 aliphatic carbocycles. The van der Waals surface area contributed by atoms with Gasteiger partial charge in [-0.2, -0.15) is 9.78 Å². The third-order valence-electron chi connectivity index (χ3n) is 5.39. The number of hydrogen-bond donors (Lipinski definition) is 0. The zero-order chi connectivity index (χ0) is 23.2. The van der Waals surface area contributed by atoms with Gasteiger partial charge in [0.1, 0.15) is 0 Å². The van der Waals surface area contributed by atoms with E-state index in [1.54, 1.807) is 53.9 Å². The van der Waals surface area contributed by atoms with Gasteiger partial charge in [0, 0.05) is 32.3 Å². The predicted octanol–water partition coefficient (Wildman–Crippen LogP) is 5.84. The van der Waals surface area contributed by atoms with Gasteiger partial charge >= 0.3 is 0 Å². The Bertz CT molecular complexity index is 1650. The number of aromatic nitrogens is 2. The summed E-state index contributed by atoms with van der Waals surface area (Å²) in [4.78, 5) is 14.0. The first-order chi connectivity index (χ1) is 15.8. The fraction of sp³-hybridized carbons (Fsp3) is 0.0400. The smallest absolute Gasteiger partial charge is 0.267 e. The number of fused-ring (bicyclic) bond motifs is 1. The number of rotatable bonds is 4. The second kappa shape index (κ2) is 8.26. The second-order valence-corrected chi connectivity index (χ2v) is 10.9. The van der Waals surface area contributed by atoms with Crippen LogP contribution in [-0.2, 0) is 9.84 Å². The van der Waals surface area contributed by atoms with Crippen LogP contribution in [-0.4, -0.2) is 24.5 Å². The van der Waals surface area contributed by atoms with Crippen LogP contribution in [0.4, 0.5) is 0 Å². The summed E-state index contributed by atoms with van der Waals surface area (Å²) in [5.74, 6) is 0. The number of nitrogens with zero attached hydrogens (tertiary/aromatic N) is 2. The molecular weight excluding hydrogens is 476 g/mol. The van der Waals surface area contributed by atoms with Crippen molar-refractivity contribution in [3.63, 3.8) is 0 Å². The molecule has 0 aliphatic rings. The van der Waals surface area contributed by atoms with E-state index in [1.165, 1.54) is 16.8 Å². The van der Waals surface area contributed by atoms with Crippen molar-refractivity contribution in [3.05, 3.63) is 99.7 Å². The molecule has 5 aromatic rings. The van der Waals surface area contributed by atoms with Gasteiger partial charge in [0.15, 0.2) is 9.84 Å². The minimum absolute atomic E-state index is 0.213. The van der Waals surface area contributed by atoms with Crippen molar-refractivity contribution in [1.82, 2.24) is 9.78 Å². The molecule has 0 amide bonds. The van der Waals surface area contributed by atoms with Crippen molar-refractivity contribution in [2.75, 3.05) is 6.26 Å². The Labute approximate surface area is 199 Å². The maximum Gasteiger partial charge on any atom is 0.280 e. The average Bonchev–Trinajstić information content (AvgIpc) is 3.23. The minimum atomic E-state index is -3.33. The van der Waals surface area contributed by atoms with Gasteiger partial charge in [0.2, 0.25) is 0 Å². The van der Waals surface area contributed by atoms with E-state index in [0.717, 1.165) is 22.0 Å². The number of hydrogen-bond acceptors (Lipinski definition) is 5. The molecule has 0 aliphatic heterocycles. The largest absolute Gasteiger partial charge is 0.280 e. The van der Waals surface area contributed by atoms with Gasteiger partial charge in [-0.25, -0.2) is 8.42 Å². The first-order valence-electron chi connectivity index (χ1n) is 9.98. The lowest BCUT2D eigenvalue weighted by Crippen LogP contribution is -2.23. The molecule has 33 heavy (non-hydrogen) atoms. The molecule has 0 saturated heterocycles. The zero-order valence-electron chi connectivity index (χ0n) is 17.4. The Morgan fingerprint density at radius 2 is 1.58 bits per heavy atom. The maximum atomic E-state index is 13.8. The average molecular weight is 493 g/mol. The number of sulfone groups is 1. The van der Waals surface area contributed by atoms with Crippen molar-refractivity contribution in [3.8, 4) is 27.9 Å². The van der Waals surface area contributed by atoms with Gasteiger partial charge in [0.25, 0.3) is 5.56 Å². The summed E-state index contributed by atoms with van der Waals surface area (Å²) < 4.78 is 26.2. The Kier molecular flexibility index (Phi) is 5.40. The van der Waals surface area contributed by atoms with Gasteiger partial charge in [-0.1, -0.05) is 54.1 Å². The molecular formula is C25H17ClN2O3S2. The first-order valence-corrected chi connectivity index (χ1v) is 13.1. The summed E-state index contributed by atoms with van der Waals surface area (Å²) in [6.07, 6.45) is 2.81. The van der Waals surface area contributed by atoms with Crippen LogP contribution in [0, 0.1) is 0 Å². The zero-order valence-corrected chi connectivity index (χ0v) is 19.8. The van der Waals surface area contributed by atoms with Crippen LogP contribution in [0.15, 0.2) is 94.1 Å². The molecule has 0 radical (unpaired) electrons. The van der Waals surface area contributed by atoms with E-state index in [4.69, 9.17) is 11.6 Å². The van der Waals surface area contributed by atoms with Gasteiger partial charge < -0.3 is 0 Å². The molecule has 0 bridgehead atoms. The molecule has 0 N–H and O–H groups in total. The van der Waals surface area contributed by atoms with Gasteiger partial charge in [-0.3, -0.25) is 4.79 Å². The van der Waals surface area contributed by atoms with Crippen molar-refractivity contribution in [2.24, 2.45) is 0 Å². The van der Waals surface area contributed by atoms with Crippen LogP contribution in [0.5, 0.6) is 0 Å². The number of thiophene rings is 1. The van der Waals surface area contributed by atoms with E-state index in [2.05, 4.69) is 5.10 Å². The lowest BCUT2D eigenvalue weighted by Gasteiger charge is -2.13. The van der Waals surface area contributed by atoms with Crippen LogP contribution in [0.3, 0.4) is 0 Å². The highest BCUT2D eigenvalue weighted by atomic mass is 35.5. The van der Waals surface area contributed by atoms with Gasteiger partial charge in [-0.05, 0) is 41.5 Å². The third kappa shape index (κ3) is 3.99. The van der Waals surface area contributed by atoms with E-state index in [1.807, 2.05) is 29.6 Å². The second-order valence-electron chi connectivity index (χ2n) is 7.57. The molecule has 5 rings (SSSR count). The Morgan fingerprint density at radius 3 is 2.27 bits per heavy atom. The fourth-order valence-corrected chi connectivity index (χ4v) is 5.43. The standard InChI is InChI=1S/C25H17ClN2O3S2/c1-33(30,31)19-12-8-16(9-13-19)21-14-27-28(22-15-32-23-5-3-2-4-20(22)23)25(29)24(21)17-6-10-18(26)11-7-17/h2-15H,1H3. The quantitative estimate of drug-likeness (QED) is 0.316. The highest BCUT2D eigenvalue weighted by Gasteiger charge is 2.18. The van der Waals surface area contributed by atoms with Crippen LogP contribution < -0.4 is 5.56 Å². The normalized spacial score (nSPS) is 11.7. The van der Waals surface area contributed by atoms with Crippen molar-refractivity contribution in [2.45, 2.75) is 4.90 Å². The highest BCUT2D eigenvalue weighted by Crippen LogP contribution is 2.32. The molecule has 2 heterocycles. The highest BCUT2D eigenvalue weighted by molar-refractivity contribution is 7.90. The summed E-state index contributed by atoms with van der Waals surface area (Å²) in [7, 11) is -3.33. The van der Waals surface area contributed by atoms with E-state index in [0.29, 0.717) is 27.3 Å². The molecule has 0 unspecified atom stereocenters. The number of benzene rings is 3. The molecule has 0 saturated carbocycles. The summed E-state index contributed by atoms with van der Waals surface area (Å²) in [6, 6.07) is 21.4. The van der Waals surface area contributed by atoms with Crippen LogP contribution in [0.2, 0.25) is 5.02 Å². The summed E-state index contributed by atoms with van der Waals surface area (Å²) in [6.45, 7) is 0. The molecule has 0 spiro atoms. The van der Waals surface area contributed by atoms with E-state index in [-0.39, 0.29) is 10.5 Å². The van der Waals surface area contributed by atoms with E-state index in [9.17, 15) is 13.2 Å². The Morgan fingerprint density at radius 1 is 0.909 bits per heavy atom. The van der Waals surface area contributed by atoms with Crippen molar-refractivity contribution in [1.29, 1.82) is 0 Å². The summed E-state index contributed by atoms with van der Waals surface area (Å²) >= 11 is 7.63. The van der Waals surface area contributed by atoms with Gasteiger partial charge in [0.05, 0.1) is 22.3 Å². The Hall–Kier alpha value is -3.26. The van der Waals surface area contributed by atoms with Crippen LogP contribution in [0.25, 0.3) is 38.0 Å². The summed E-state index contributed by atoms with van der Waals surface area (Å²) in [5, 5.41) is 7.92. The predicted molar refractivity (Wildman–Crippen MR) is 134 cm³/mol. The molecule has 0 fully saturated rings. The summed E-state index contributed by atoms with van der Waals surface area (Å²) in [5.41, 5.74) is 2.91. The first kappa shape index (κ1) is 21.6. The molecule has 5 nitrogen and oxygen atoms in total. The Balaban J connectivity index is 1.76. The molecule has 164 valence electrons. The molecule has 2 aromatic heterocycles. The van der Waals surface area contributed by atoms with E-state index >= 15 is 0 Å². The number of halogens is 1. The topological polar surface area (TPSA) is 69.0 Å². The van der Waals surface area contributed by atoms with Gasteiger partial charge in [-0.15, -0.1) is 11.3 Å². The molecule has 0 atom stereocenters. The third-order valence-corrected chi connectivity index (χ3v) is 7.72. The SMILES string of the molecule is CS(=O)(=O)c1ccc(-c2cnn(-c3csc4ccccc34)c(=O)c2-c2ccc(Cl)cc2)cc1. The lowest BCUT2D eigenvalue weighted by atomic mass is 9.97. The van der Waals surface area contributed by atoms with Crippen LogP contribution >= 0.6 is 22.9 Å². The molecule has 3 aromatic carbocycles. The van der Waals surface area contributed by atoms with E-state index < -0.39 is 9.84 Å².